The number of fused-ring (bicyclic) bond motifs is 3. The SMILES string of the molecule is O=C1NCCCCCOc2ccc(C(=O)NCCS(=O)(=O)c3ccc(F)cc3)cc2Cc2cccc1c2. The lowest BCUT2D eigenvalue weighted by molar-refractivity contribution is 0.0946. The Morgan fingerprint density at radius 3 is 2.62 bits per heavy atom. The predicted octanol–water partition coefficient (Wildman–Crippen LogP) is 3.91. The third-order valence-corrected chi connectivity index (χ3v) is 7.83. The normalized spacial score (nSPS) is 14.5. The quantitative estimate of drug-likeness (QED) is 0.493. The highest BCUT2D eigenvalue weighted by molar-refractivity contribution is 7.91. The molecule has 9 heteroatoms. The van der Waals surface area contributed by atoms with E-state index in [2.05, 4.69) is 10.6 Å². The van der Waals surface area contributed by atoms with E-state index in [1.54, 1.807) is 24.3 Å². The maximum atomic E-state index is 13.1. The van der Waals surface area contributed by atoms with Crippen LogP contribution in [0.1, 0.15) is 51.1 Å². The Labute approximate surface area is 216 Å². The smallest absolute Gasteiger partial charge is 0.251 e. The first-order valence-corrected chi connectivity index (χ1v) is 13.9. The van der Waals surface area contributed by atoms with Gasteiger partial charge >= 0.3 is 0 Å². The predicted molar refractivity (Wildman–Crippen MR) is 138 cm³/mol. The first kappa shape index (κ1) is 26.3. The molecule has 0 aromatic heterocycles. The first-order chi connectivity index (χ1) is 17.8. The van der Waals surface area contributed by atoms with Gasteiger partial charge in [-0.25, -0.2) is 12.8 Å². The number of carbonyl (C=O) groups is 2. The molecule has 2 amide bonds. The van der Waals surface area contributed by atoms with Crippen LogP contribution in [0.2, 0.25) is 0 Å². The molecule has 0 spiro atoms. The van der Waals surface area contributed by atoms with Crippen LogP contribution in [0.15, 0.2) is 71.6 Å². The van der Waals surface area contributed by atoms with E-state index in [4.69, 9.17) is 4.74 Å². The molecule has 0 fully saturated rings. The van der Waals surface area contributed by atoms with Gasteiger partial charge in [-0.1, -0.05) is 12.1 Å². The van der Waals surface area contributed by atoms with Crippen LogP contribution in [0.25, 0.3) is 0 Å². The van der Waals surface area contributed by atoms with Crippen molar-refractivity contribution in [2.45, 2.75) is 30.6 Å². The van der Waals surface area contributed by atoms with Crippen LogP contribution in [0, 0.1) is 5.82 Å². The molecule has 0 unspecified atom stereocenters. The molecule has 0 aliphatic carbocycles. The van der Waals surface area contributed by atoms with Gasteiger partial charge in [-0.2, -0.15) is 0 Å². The van der Waals surface area contributed by atoms with Crippen LogP contribution >= 0.6 is 0 Å². The van der Waals surface area contributed by atoms with Gasteiger partial charge in [0.25, 0.3) is 11.8 Å². The molecular formula is C28H29FN2O5S. The minimum absolute atomic E-state index is 0.00232. The molecular weight excluding hydrogens is 495 g/mol. The van der Waals surface area contributed by atoms with Gasteiger partial charge in [0.1, 0.15) is 11.6 Å². The van der Waals surface area contributed by atoms with Gasteiger partial charge in [-0.3, -0.25) is 9.59 Å². The lowest BCUT2D eigenvalue weighted by Gasteiger charge is -2.15. The van der Waals surface area contributed by atoms with Crippen molar-refractivity contribution in [2.24, 2.45) is 0 Å². The maximum Gasteiger partial charge on any atom is 0.251 e. The number of hydrogen-bond donors (Lipinski definition) is 2. The first-order valence-electron chi connectivity index (χ1n) is 12.2. The van der Waals surface area contributed by atoms with E-state index in [-0.39, 0.29) is 23.1 Å². The summed E-state index contributed by atoms with van der Waals surface area (Å²) in [7, 11) is -3.67. The van der Waals surface area contributed by atoms with E-state index in [0.717, 1.165) is 42.5 Å². The standard InChI is InChI=1S/C28H29FN2O5S/c29-24-8-10-25(11-9-24)37(34,35)16-14-31-28(33)22-7-12-26-23(19-22)18-20-5-4-6-21(17-20)27(32)30-13-2-1-3-15-36-26/h4-12,17,19H,1-3,13-16,18H2,(H,30,32)(H,31,33). The molecule has 1 aliphatic heterocycles. The van der Waals surface area contributed by atoms with Crippen molar-refractivity contribution < 1.29 is 27.1 Å². The summed E-state index contributed by atoms with van der Waals surface area (Å²) in [5.74, 6) is -0.687. The van der Waals surface area contributed by atoms with Crippen LogP contribution in [-0.4, -0.2) is 45.7 Å². The van der Waals surface area contributed by atoms with Gasteiger partial charge < -0.3 is 15.4 Å². The van der Waals surface area contributed by atoms with Crippen molar-refractivity contribution in [2.75, 3.05) is 25.4 Å². The van der Waals surface area contributed by atoms with Crippen LogP contribution in [0.3, 0.4) is 0 Å². The number of benzene rings is 3. The molecule has 0 atom stereocenters. The van der Waals surface area contributed by atoms with Crippen LogP contribution in [0.5, 0.6) is 5.75 Å². The Bertz CT molecular complexity index is 1370. The van der Waals surface area contributed by atoms with E-state index in [0.29, 0.717) is 36.4 Å². The van der Waals surface area contributed by atoms with Gasteiger partial charge in [0.15, 0.2) is 9.84 Å². The van der Waals surface area contributed by atoms with E-state index < -0.39 is 21.6 Å². The molecule has 37 heavy (non-hydrogen) atoms. The zero-order valence-corrected chi connectivity index (χ0v) is 21.2. The number of hydrogen-bond acceptors (Lipinski definition) is 5. The molecule has 2 N–H and O–H groups in total. The highest BCUT2D eigenvalue weighted by Gasteiger charge is 2.17. The topological polar surface area (TPSA) is 102 Å². The second-order valence-electron chi connectivity index (χ2n) is 8.89. The number of rotatable bonds is 5. The fourth-order valence-electron chi connectivity index (χ4n) is 4.09. The largest absolute Gasteiger partial charge is 0.493 e. The molecule has 4 rings (SSSR count). The Hall–Kier alpha value is -3.72. The summed E-state index contributed by atoms with van der Waals surface area (Å²) in [6.07, 6.45) is 3.07. The lowest BCUT2D eigenvalue weighted by atomic mass is 9.99. The van der Waals surface area contributed by atoms with E-state index in [9.17, 15) is 22.4 Å². The number of ether oxygens (including phenoxy) is 1. The van der Waals surface area contributed by atoms with Crippen molar-refractivity contribution in [3.05, 3.63) is 94.8 Å². The number of halogens is 1. The number of sulfone groups is 1. The van der Waals surface area contributed by atoms with E-state index in [1.165, 1.54) is 12.1 Å². The Morgan fingerprint density at radius 2 is 1.81 bits per heavy atom. The molecule has 0 radical (unpaired) electrons. The van der Waals surface area contributed by atoms with Crippen molar-refractivity contribution in [3.8, 4) is 5.75 Å². The monoisotopic (exact) mass is 524 g/mol. The summed E-state index contributed by atoms with van der Waals surface area (Å²) in [5, 5.41) is 5.59. The molecule has 3 aromatic carbocycles. The van der Waals surface area contributed by atoms with E-state index in [1.807, 2.05) is 18.2 Å². The van der Waals surface area contributed by atoms with Crippen LogP contribution in [-0.2, 0) is 16.3 Å². The summed E-state index contributed by atoms with van der Waals surface area (Å²) in [6.45, 7) is 1.04. The van der Waals surface area contributed by atoms with Crippen molar-refractivity contribution in [1.82, 2.24) is 10.6 Å². The molecule has 1 heterocycles. The number of nitrogens with one attached hydrogen (secondary N) is 2. The molecule has 194 valence electrons. The molecule has 1 aliphatic rings. The third kappa shape index (κ3) is 7.16. The second kappa shape index (κ2) is 12.0. The lowest BCUT2D eigenvalue weighted by Crippen LogP contribution is -2.29. The fourth-order valence-corrected chi connectivity index (χ4v) is 5.25. The maximum absolute atomic E-state index is 13.1. The number of amides is 2. The molecule has 0 saturated carbocycles. The van der Waals surface area contributed by atoms with Gasteiger partial charge in [-0.15, -0.1) is 0 Å². The Kier molecular flexibility index (Phi) is 8.55. The summed E-state index contributed by atoms with van der Waals surface area (Å²) in [4.78, 5) is 25.3. The average Bonchev–Trinajstić information content (AvgIpc) is 2.88. The Balaban J connectivity index is 1.49. The minimum atomic E-state index is -3.67. The molecule has 0 saturated heterocycles. The van der Waals surface area contributed by atoms with Gasteiger partial charge in [0.05, 0.1) is 17.3 Å². The zero-order valence-electron chi connectivity index (χ0n) is 20.3. The molecule has 7 nitrogen and oxygen atoms in total. The van der Waals surface area contributed by atoms with E-state index >= 15 is 0 Å². The summed E-state index contributed by atoms with van der Waals surface area (Å²) >= 11 is 0. The second-order valence-corrected chi connectivity index (χ2v) is 11.0. The average molecular weight is 525 g/mol. The van der Waals surface area contributed by atoms with Crippen LogP contribution in [0.4, 0.5) is 4.39 Å². The fraction of sp³-hybridized carbons (Fsp3) is 0.286. The molecule has 3 aromatic rings. The van der Waals surface area contributed by atoms with Crippen molar-refractivity contribution >= 4 is 21.7 Å². The number of carbonyl (C=O) groups excluding carboxylic acids is 2. The van der Waals surface area contributed by atoms with Gasteiger partial charge in [-0.05, 0) is 85.0 Å². The summed E-state index contributed by atoms with van der Waals surface area (Å²) < 4.78 is 44.1. The summed E-state index contributed by atoms with van der Waals surface area (Å²) in [5.41, 5.74) is 2.64. The highest BCUT2D eigenvalue weighted by Crippen LogP contribution is 2.25. The van der Waals surface area contributed by atoms with Crippen molar-refractivity contribution in [1.29, 1.82) is 0 Å². The van der Waals surface area contributed by atoms with Gasteiger partial charge in [0, 0.05) is 30.6 Å². The third-order valence-electron chi connectivity index (χ3n) is 6.10. The van der Waals surface area contributed by atoms with Crippen LogP contribution < -0.4 is 15.4 Å². The van der Waals surface area contributed by atoms with Crippen molar-refractivity contribution in [3.63, 3.8) is 0 Å². The van der Waals surface area contributed by atoms with Gasteiger partial charge in [0.2, 0.25) is 0 Å². The molecule has 2 bridgehead atoms. The Morgan fingerprint density at radius 1 is 1.00 bits per heavy atom. The zero-order chi connectivity index (χ0) is 26.3. The summed E-state index contributed by atoms with van der Waals surface area (Å²) in [6, 6.07) is 17.1. The minimum Gasteiger partial charge on any atom is -0.493 e. The highest BCUT2D eigenvalue weighted by atomic mass is 32.2.